The fourth-order valence-electron chi connectivity index (χ4n) is 0.963. The van der Waals surface area contributed by atoms with Gasteiger partial charge >= 0.3 is 0 Å². The molecule has 0 aliphatic heterocycles. The predicted molar refractivity (Wildman–Crippen MR) is 54.7 cm³/mol. The van der Waals surface area contributed by atoms with Gasteiger partial charge in [0.25, 0.3) is 0 Å². The minimum Gasteiger partial charge on any atom is -0.245 e. The maximum atomic E-state index is 8.69. The first-order valence-corrected chi connectivity index (χ1v) is 5.06. The second-order valence-electron chi connectivity index (χ2n) is 3.06. The third-order valence-corrected chi connectivity index (χ3v) is 2.48. The van der Waals surface area contributed by atoms with Crippen LogP contribution in [0.15, 0.2) is 17.2 Å². The Hall–Kier alpha value is -1.01. The molecule has 13 heavy (non-hydrogen) atoms. The van der Waals surface area contributed by atoms with Gasteiger partial charge in [-0.05, 0) is 19.1 Å². The molecule has 0 saturated carbocycles. The standard InChI is InChI=1S/C10H12N2S/c1-7(2)13-10-5-4-9(6-11)8(3)12-10/h4-5,7H,1-3H3. The van der Waals surface area contributed by atoms with Gasteiger partial charge in [0.15, 0.2) is 0 Å². The van der Waals surface area contributed by atoms with Gasteiger partial charge in [0.1, 0.15) is 6.07 Å². The molecule has 0 aliphatic carbocycles. The van der Waals surface area contributed by atoms with Crippen molar-refractivity contribution in [2.24, 2.45) is 0 Å². The Balaban J connectivity index is 2.91. The summed E-state index contributed by atoms with van der Waals surface area (Å²) in [6.07, 6.45) is 0. The van der Waals surface area contributed by atoms with E-state index in [0.29, 0.717) is 10.8 Å². The van der Waals surface area contributed by atoms with Gasteiger partial charge in [0.05, 0.1) is 16.3 Å². The van der Waals surface area contributed by atoms with E-state index in [2.05, 4.69) is 24.9 Å². The second kappa shape index (κ2) is 4.29. The van der Waals surface area contributed by atoms with Crippen LogP contribution in [0.4, 0.5) is 0 Å². The highest BCUT2D eigenvalue weighted by atomic mass is 32.2. The fraction of sp³-hybridized carbons (Fsp3) is 0.400. The summed E-state index contributed by atoms with van der Waals surface area (Å²) < 4.78 is 0. The Bertz CT molecular complexity index is 339. The van der Waals surface area contributed by atoms with Gasteiger partial charge in [-0.15, -0.1) is 11.8 Å². The minimum atomic E-state index is 0.528. The Morgan fingerprint density at radius 2 is 2.15 bits per heavy atom. The predicted octanol–water partition coefficient (Wildman–Crippen LogP) is 2.76. The molecular formula is C10H12N2S. The van der Waals surface area contributed by atoms with Gasteiger partial charge in [-0.1, -0.05) is 13.8 Å². The average molecular weight is 192 g/mol. The van der Waals surface area contributed by atoms with Gasteiger partial charge in [-0.2, -0.15) is 5.26 Å². The van der Waals surface area contributed by atoms with E-state index < -0.39 is 0 Å². The number of nitrogens with zero attached hydrogens (tertiary/aromatic N) is 2. The van der Waals surface area contributed by atoms with E-state index >= 15 is 0 Å². The summed E-state index contributed by atoms with van der Waals surface area (Å²) in [7, 11) is 0. The van der Waals surface area contributed by atoms with Gasteiger partial charge in [0, 0.05) is 5.25 Å². The van der Waals surface area contributed by atoms with Crippen LogP contribution in [-0.4, -0.2) is 10.2 Å². The van der Waals surface area contributed by atoms with Crippen molar-refractivity contribution in [3.05, 3.63) is 23.4 Å². The van der Waals surface area contributed by atoms with Crippen LogP contribution >= 0.6 is 11.8 Å². The van der Waals surface area contributed by atoms with Crippen molar-refractivity contribution in [1.29, 1.82) is 5.26 Å². The fourth-order valence-corrected chi connectivity index (χ4v) is 1.78. The molecule has 0 fully saturated rings. The molecule has 0 saturated heterocycles. The normalized spacial score (nSPS) is 10.1. The molecule has 3 heteroatoms. The van der Waals surface area contributed by atoms with E-state index in [0.717, 1.165) is 10.7 Å². The largest absolute Gasteiger partial charge is 0.245 e. The van der Waals surface area contributed by atoms with E-state index in [9.17, 15) is 0 Å². The number of pyridine rings is 1. The topological polar surface area (TPSA) is 36.7 Å². The monoisotopic (exact) mass is 192 g/mol. The van der Waals surface area contributed by atoms with Crippen LogP contribution in [-0.2, 0) is 0 Å². The number of nitriles is 1. The number of rotatable bonds is 2. The molecule has 68 valence electrons. The second-order valence-corrected chi connectivity index (χ2v) is 4.66. The summed E-state index contributed by atoms with van der Waals surface area (Å²) in [5.41, 5.74) is 1.47. The first-order valence-electron chi connectivity index (χ1n) is 4.18. The molecule has 0 amide bonds. The highest BCUT2D eigenvalue weighted by Crippen LogP contribution is 2.21. The minimum absolute atomic E-state index is 0.528. The van der Waals surface area contributed by atoms with E-state index in [1.54, 1.807) is 11.8 Å². The number of aryl methyl sites for hydroxylation is 1. The Labute approximate surface area is 83.0 Å². The molecule has 0 atom stereocenters. The first-order chi connectivity index (χ1) is 6.13. The van der Waals surface area contributed by atoms with E-state index in [4.69, 9.17) is 5.26 Å². The number of aromatic nitrogens is 1. The zero-order valence-corrected chi connectivity index (χ0v) is 8.85. The number of thioether (sulfide) groups is 1. The number of hydrogen-bond donors (Lipinski definition) is 0. The van der Waals surface area contributed by atoms with Gasteiger partial charge < -0.3 is 0 Å². The third kappa shape index (κ3) is 2.74. The van der Waals surface area contributed by atoms with Crippen LogP contribution in [0.1, 0.15) is 25.1 Å². The van der Waals surface area contributed by atoms with E-state index in [-0.39, 0.29) is 0 Å². The van der Waals surface area contributed by atoms with E-state index in [1.807, 2.05) is 19.1 Å². The summed E-state index contributed by atoms with van der Waals surface area (Å²) in [5.74, 6) is 0. The Morgan fingerprint density at radius 1 is 1.46 bits per heavy atom. The lowest BCUT2D eigenvalue weighted by Gasteiger charge is -2.04. The molecular weight excluding hydrogens is 180 g/mol. The maximum absolute atomic E-state index is 8.69. The average Bonchev–Trinajstić information content (AvgIpc) is 2.03. The van der Waals surface area contributed by atoms with Gasteiger partial charge in [-0.3, -0.25) is 0 Å². The summed E-state index contributed by atoms with van der Waals surface area (Å²) in [5, 5.41) is 10.2. The zero-order chi connectivity index (χ0) is 9.84. The van der Waals surface area contributed by atoms with Crippen molar-refractivity contribution in [3.8, 4) is 6.07 Å². The lowest BCUT2D eigenvalue weighted by Crippen LogP contribution is -1.92. The van der Waals surface area contributed by atoms with Gasteiger partial charge in [0.2, 0.25) is 0 Å². The zero-order valence-electron chi connectivity index (χ0n) is 8.03. The molecule has 1 aromatic rings. The highest BCUT2D eigenvalue weighted by Gasteiger charge is 2.02. The smallest absolute Gasteiger partial charge is 0.101 e. The highest BCUT2D eigenvalue weighted by molar-refractivity contribution is 7.99. The molecule has 1 rings (SSSR count). The van der Waals surface area contributed by atoms with Crippen molar-refractivity contribution < 1.29 is 0 Å². The molecule has 1 aromatic heterocycles. The van der Waals surface area contributed by atoms with Crippen LogP contribution in [0.25, 0.3) is 0 Å². The molecule has 0 bridgehead atoms. The summed E-state index contributed by atoms with van der Waals surface area (Å²) in [6.45, 7) is 6.11. The third-order valence-electron chi connectivity index (χ3n) is 1.54. The Kier molecular flexibility index (Phi) is 3.32. The molecule has 1 heterocycles. The molecule has 0 spiro atoms. The van der Waals surface area contributed by atoms with Crippen LogP contribution < -0.4 is 0 Å². The van der Waals surface area contributed by atoms with Crippen molar-refractivity contribution in [2.75, 3.05) is 0 Å². The van der Waals surface area contributed by atoms with Crippen molar-refractivity contribution in [2.45, 2.75) is 31.0 Å². The molecule has 0 aromatic carbocycles. The lowest BCUT2D eigenvalue weighted by molar-refractivity contribution is 1.03. The molecule has 0 N–H and O–H groups in total. The molecule has 0 unspecified atom stereocenters. The molecule has 2 nitrogen and oxygen atoms in total. The first kappa shape index (κ1) is 10.1. The van der Waals surface area contributed by atoms with Crippen LogP contribution in [0.2, 0.25) is 0 Å². The molecule has 0 radical (unpaired) electrons. The molecule has 0 aliphatic rings. The summed E-state index contributed by atoms with van der Waals surface area (Å²) >= 11 is 1.71. The van der Waals surface area contributed by atoms with E-state index in [1.165, 1.54) is 0 Å². The number of hydrogen-bond acceptors (Lipinski definition) is 3. The van der Waals surface area contributed by atoms with Crippen molar-refractivity contribution in [1.82, 2.24) is 4.98 Å². The lowest BCUT2D eigenvalue weighted by atomic mass is 10.2. The van der Waals surface area contributed by atoms with Crippen LogP contribution in [0.3, 0.4) is 0 Å². The van der Waals surface area contributed by atoms with Crippen molar-refractivity contribution >= 4 is 11.8 Å². The Morgan fingerprint density at radius 3 is 2.62 bits per heavy atom. The van der Waals surface area contributed by atoms with Crippen LogP contribution in [0, 0.1) is 18.3 Å². The quantitative estimate of drug-likeness (QED) is 0.676. The summed E-state index contributed by atoms with van der Waals surface area (Å²) in [6, 6.07) is 5.83. The van der Waals surface area contributed by atoms with Crippen molar-refractivity contribution in [3.63, 3.8) is 0 Å². The van der Waals surface area contributed by atoms with Crippen LogP contribution in [0.5, 0.6) is 0 Å². The summed E-state index contributed by atoms with van der Waals surface area (Å²) in [4.78, 5) is 4.32. The SMILES string of the molecule is Cc1nc(SC(C)C)ccc1C#N. The maximum Gasteiger partial charge on any atom is 0.101 e. The van der Waals surface area contributed by atoms with Gasteiger partial charge in [-0.25, -0.2) is 4.98 Å².